The zero-order valence-electron chi connectivity index (χ0n) is 11.5. The first-order chi connectivity index (χ1) is 10.7. The molecule has 1 heterocycles. The maximum Gasteiger partial charge on any atom is 0.345 e. The van der Waals surface area contributed by atoms with Crippen molar-refractivity contribution in [3.05, 3.63) is 71.1 Å². The van der Waals surface area contributed by atoms with E-state index in [0.717, 1.165) is 21.6 Å². The van der Waals surface area contributed by atoms with E-state index in [0.29, 0.717) is 10.4 Å². The molecular formula is C18H11NO2S. The fourth-order valence-electron chi connectivity index (χ4n) is 2.27. The summed E-state index contributed by atoms with van der Waals surface area (Å²) in [6.45, 7) is 0. The van der Waals surface area contributed by atoms with Gasteiger partial charge in [0.2, 0.25) is 0 Å². The SMILES string of the molecule is N#Cc1cc(-c2ccc(C(=O)O)s2)ccc1-c1ccccc1. The Kier molecular flexibility index (Phi) is 3.73. The number of hydrogen-bond acceptors (Lipinski definition) is 3. The van der Waals surface area contributed by atoms with Crippen molar-refractivity contribution in [3.63, 3.8) is 0 Å². The average Bonchev–Trinajstić information content (AvgIpc) is 3.05. The van der Waals surface area contributed by atoms with Gasteiger partial charge in [-0.15, -0.1) is 11.3 Å². The van der Waals surface area contributed by atoms with Gasteiger partial charge in [0.25, 0.3) is 0 Å². The van der Waals surface area contributed by atoms with Crippen molar-refractivity contribution in [2.45, 2.75) is 0 Å². The second-order valence-electron chi connectivity index (χ2n) is 4.71. The second-order valence-corrected chi connectivity index (χ2v) is 5.79. The predicted octanol–water partition coefficient (Wildman–Crippen LogP) is 4.65. The molecule has 4 heteroatoms. The highest BCUT2D eigenvalue weighted by Gasteiger charge is 2.11. The van der Waals surface area contributed by atoms with Crippen LogP contribution in [0.15, 0.2) is 60.7 Å². The summed E-state index contributed by atoms with van der Waals surface area (Å²) in [5, 5.41) is 18.4. The minimum Gasteiger partial charge on any atom is -0.477 e. The zero-order chi connectivity index (χ0) is 15.5. The standard InChI is InChI=1S/C18H11NO2S/c19-11-14-10-13(16-8-9-17(22-16)18(20)21)6-7-15(14)12-4-2-1-3-5-12/h1-10H,(H,20,21). The first-order valence-electron chi connectivity index (χ1n) is 6.62. The first-order valence-corrected chi connectivity index (χ1v) is 7.44. The number of carboxylic acid groups (broad SMARTS) is 1. The van der Waals surface area contributed by atoms with Gasteiger partial charge in [0, 0.05) is 4.88 Å². The zero-order valence-corrected chi connectivity index (χ0v) is 12.3. The van der Waals surface area contributed by atoms with Crippen molar-refractivity contribution in [1.29, 1.82) is 5.26 Å². The van der Waals surface area contributed by atoms with E-state index >= 15 is 0 Å². The summed E-state index contributed by atoms with van der Waals surface area (Å²) in [4.78, 5) is 12.1. The molecule has 0 atom stereocenters. The van der Waals surface area contributed by atoms with Crippen molar-refractivity contribution in [2.24, 2.45) is 0 Å². The van der Waals surface area contributed by atoms with Gasteiger partial charge in [0.15, 0.2) is 0 Å². The predicted molar refractivity (Wildman–Crippen MR) is 86.9 cm³/mol. The van der Waals surface area contributed by atoms with Crippen molar-refractivity contribution >= 4 is 17.3 Å². The molecular weight excluding hydrogens is 294 g/mol. The Labute approximate surface area is 131 Å². The number of aromatic carboxylic acids is 1. The van der Waals surface area contributed by atoms with Crippen LogP contribution >= 0.6 is 11.3 Å². The largest absolute Gasteiger partial charge is 0.477 e. The number of rotatable bonds is 3. The third-order valence-corrected chi connectivity index (χ3v) is 4.45. The van der Waals surface area contributed by atoms with E-state index in [1.165, 1.54) is 11.3 Å². The van der Waals surface area contributed by atoms with Crippen LogP contribution in [0.4, 0.5) is 0 Å². The molecule has 0 saturated carbocycles. The molecule has 0 radical (unpaired) electrons. The highest BCUT2D eigenvalue weighted by Crippen LogP contribution is 2.32. The molecule has 0 saturated heterocycles. The van der Waals surface area contributed by atoms with Crippen LogP contribution in [-0.2, 0) is 0 Å². The van der Waals surface area contributed by atoms with E-state index < -0.39 is 5.97 Å². The number of nitrogens with zero attached hydrogens (tertiary/aromatic N) is 1. The Morgan fingerprint density at radius 2 is 1.77 bits per heavy atom. The van der Waals surface area contributed by atoms with Crippen LogP contribution in [0.1, 0.15) is 15.2 Å². The monoisotopic (exact) mass is 305 g/mol. The molecule has 106 valence electrons. The summed E-state index contributed by atoms with van der Waals surface area (Å²) in [5.41, 5.74) is 3.30. The molecule has 0 unspecified atom stereocenters. The second kappa shape index (κ2) is 5.84. The van der Waals surface area contributed by atoms with Gasteiger partial charge in [-0.3, -0.25) is 0 Å². The van der Waals surface area contributed by atoms with Gasteiger partial charge < -0.3 is 5.11 Å². The Bertz CT molecular complexity index is 876. The fraction of sp³-hybridized carbons (Fsp3) is 0. The molecule has 0 aliphatic rings. The average molecular weight is 305 g/mol. The number of carboxylic acids is 1. The molecule has 0 aliphatic heterocycles. The Balaban J connectivity index is 2.05. The Hall–Kier alpha value is -2.90. The summed E-state index contributed by atoms with van der Waals surface area (Å²) in [5.74, 6) is -0.933. The molecule has 3 nitrogen and oxygen atoms in total. The van der Waals surface area contributed by atoms with Crippen LogP contribution in [0.2, 0.25) is 0 Å². The molecule has 0 spiro atoms. The highest BCUT2D eigenvalue weighted by molar-refractivity contribution is 7.17. The van der Waals surface area contributed by atoms with Crippen LogP contribution in [0.3, 0.4) is 0 Å². The lowest BCUT2D eigenvalue weighted by Crippen LogP contribution is -1.89. The third kappa shape index (κ3) is 2.62. The third-order valence-electron chi connectivity index (χ3n) is 3.33. The van der Waals surface area contributed by atoms with Gasteiger partial charge in [-0.2, -0.15) is 5.26 Å². The van der Waals surface area contributed by atoms with Crippen LogP contribution in [-0.4, -0.2) is 11.1 Å². The van der Waals surface area contributed by atoms with E-state index in [-0.39, 0.29) is 0 Å². The first kappa shape index (κ1) is 14.1. The van der Waals surface area contributed by atoms with Crippen LogP contribution in [0.25, 0.3) is 21.6 Å². The lowest BCUT2D eigenvalue weighted by Gasteiger charge is -2.06. The maximum absolute atomic E-state index is 11.0. The summed E-state index contributed by atoms with van der Waals surface area (Å²) in [6, 6.07) is 20.9. The number of nitriles is 1. The number of carbonyl (C=O) groups is 1. The topological polar surface area (TPSA) is 61.1 Å². The number of thiophene rings is 1. The van der Waals surface area contributed by atoms with E-state index in [1.54, 1.807) is 18.2 Å². The molecule has 3 aromatic rings. The minimum absolute atomic E-state index is 0.292. The molecule has 3 rings (SSSR count). The summed E-state index contributed by atoms with van der Waals surface area (Å²) in [6.07, 6.45) is 0. The normalized spacial score (nSPS) is 10.1. The quantitative estimate of drug-likeness (QED) is 0.766. The van der Waals surface area contributed by atoms with Crippen molar-refractivity contribution in [1.82, 2.24) is 0 Å². The lowest BCUT2D eigenvalue weighted by atomic mass is 9.98. The molecule has 22 heavy (non-hydrogen) atoms. The molecule has 0 aliphatic carbocycles. The number of benzene rings is 2. The van der Waals surface area contributed by atoms with Crippen LogP contribution < -0.4 is 0 Å². The molecule has 0 amide bonds. The molecule has 2 aromatic carbocycles. The van der Waals surface area contributed by atoms with Crippen molar-refractivity contribution in [2.75, 3.05) is 0 Å². The van der Waals surface area contributed by atoms with Gasteiger partial charge in [-0.25, -0.2) is 4.79 Å². The smallest absolute Gasteiger partial charge is 0.345 e. The van der Waals surface area contributed by atoms with Crippen molar-refractivity contribution < 1.29 is 9.90 Å². The lowest BCUT2D eigenvalue weighted by molar-refractivity contribution is 0.0702. The molecule has 1 N–H and O–H groups in total. The molecule has 0 fully saturated rings. The summed E-state index contributed by atoms with van der Waals surface area (Å²) in [7, 11) is 0. The highest BCUT2D eigenvalue weighted by atomic mass is 32.1. The van der Waals surface area contributed by atoms with Crippen molar-refractivity contribution in [3.8, 4) is 27.6 Å². The Morgan fingerprint density at radius 1 is 1.00 bits per heavy atom. The molecule has 1 aromatic heterocycles. The number of hydrogen-bond donors (Lipinski definition) is 1. The van der Waals surface area contributed by atoms with Gasteiger partial charge in [-0.1, -0.05) is 42.5 Å². The summed E-state index contributed by atoms with van der Waals surface area (Å²) < 4.78 is 0. The van der Waals surface area contributed by atoms with Crippen LogP contribution in [0, 0.1) is 11.3 Å². The van der Waals surface area contributed by atoms with E-state index in [9.17, 15) is 10.1 Å². The summed E-state index contributed by atoms with van der Waals surface area (Å²) >= 11 is 1.21. The van der Waals surface area contributed by atoms with Gasteiger partial charge >= 0.3 is 5.97 Å². The fourth-order valence-corrected chi connectivity index (χ4v) is 3.11. The van der Waals surface area contributed by atoms with E-state index in [2.05, 4.69) is 6.07 Å². The minimum atomic E-state index is -0.933. The maximum atomic E-state index is 11.0. The van der Waals surface area contributed by atoms with Gasteiger partial charge in [-0.05, 0) is 34.9 Å². The van der Waals surface area contributed by atoms with Gasteiger partial charge in [0.05, 0.1) is 11.6 Å². The van der Waals surface area contributed by atoms with Gasteiger partial charge in [0.1, 0.15) is 4.88 Å². The van der Waals surface area contributed by atoms with E-state index in [4.69, 9.17) is 5.11 Å². The molecule has 0 bridgehead atoms. The van der Waals surface area contributed by atoms with E-state index in [1.807, 2.05) is 42.5 Å². The van der Waals surface area contributed by atoms with Crippen LogP contribution in [0.5, 0.6) is 0 Å². The Morgan fingerprint density at radius 3 is 2.41 bits per heavy atom.